The second kappa shape index (κ2) is 7.72. The van der Waals surface area contributed by atoms with Crippen LogP contribution in [0.5, 0.6) is 0 Å². The Kier molecular flexibility index (Phi) is 5.95. The normalized spacial score (nSPS) is 23.9. The molecule has 2 unspecified atom stereocenters. The second-order valence-electron chi connectivity index (χ2n) is 5.61. The van der Waals surface area contributed by atoms with Crippen molar-refractivity contribution in [3.63, 3.8) is 0 Å². The summed E-state index contributed by atoms with van der Waals surface area (Å²) in [5, 5.41) is 0. The number of halogens is 1. The fourth-order valence-electron chi connectivity index (χ4n) is 2.77. The van der Waals surface area contributed by atoms with E-state index in [1.54, 1.807) is 7.11 Å². The summed E-state index contributed by atoms with van der Waals surface area (Å²) in [6.07, 6.45) is 4.48. The summed E-state index contributed by atoms with van der Waals surface area (Å²) in [6.45, 7) is 3.10. The zero-order valence-corrected chi connectivity index (χ0v) is 12.2. The van der Waals surface area contributed by atoms with E-state index in [4.69, 9.17) is 10.5 Å². The summed E-state index contributed by atoms with van der Waals surface area (Å²) < 4.78 is 18.2. The molecule has 3 nitrogen and oxygen atoms in total. The van der Waals surface area contributed by atoms with Crippen molar-refractivity contribution in [3.8, 4) is 0 Å². The minimum atomic E-state index is -0.163. The highest BCUT2D eigenvalue weighted by Gasteiger charge is 2.25. The van der Waals surface area contributed by atoms with E-state index in [9.17, 15) is 4.39 Å². The van der Waals surface area contributed by atoms with Crippen molar-refractivity contribution >= 4 is 0 Å². The van der Waals surface area contributed by atoms with Gasteiger partial charge in [0.15, 0.2) is 0 Å². The molecule has 4 heteroatoms. The molecule has 2 rings (SSSR count). The standard InChI is InChI=1S/C16H25FN2O/c1-20-16-12-19(11-9-15(16)18)10-3-2-4-13-5-7-14(17)8-6-13/h5-8,15-16H,2-4,9-12,18H2,1H3. The molecule has 1 aliphatic rings. The van der Waals surface area contributed by atoms with Crippen molar-refractivity contribution in [3.05, 3.63) is 35.6 Å². The first-order chi connectivity index (χ1) is 9.69. The average Bonchev–Trinajstić information content (AvgIpc) is 2.47. The number of unbranched alkanes of at least 4 members (excludes halogenated alkanes) is 1. The van der Waals surface area contributed by atoms with E-state index >= 15 is 0 Å². The summed E-state index contributed by atoms with van der Waals surface area (Å²) in [5.74, 6) is -0.163. The Morgan fingerprint density at radius 3 is 2.75 bits per heavy atom. The molecule has 0 spiro atoms. The summed E-state index contributed by atoms with van der Waals surface area (Å²) in [4.78, 5) is 2.43. The third kappa shape index (κ3) is 4.54. The van der Waals surface area contributed by atoms with Gasteiger partial charge in [-0.3, -0.25) is 0 Å². The van der Waals surface area contributed by atoms with E-state index in [1.807, 2.05) is 12.1 Å². The van der Waals surface area contributed by atoms with Gasteiger partial charge in [0.1, 0.15) is 5.82 Å². The van der Waals surface area contributed by atoms with E-state index in [2.05, 4.69) is 4.90 Å². The molecular weight excluding hydrogens is 255 g/mol. The van der Waals surface area contributed by atoms with E-state index < -0.39 is 0 Å². The van der Waals surface area contributed by atoms with E-state index in [0.717, 1.165) is 45.3 Å². The number of hydrogen-bond donors (Lipinski definition) is 1. The number of hydrogen-bond acceptors (Lipinski definition) is 3. The molecule has 1 aliphatic heterocycles. The average molecular weight is 280 g/mol. The van der Waals surface area contributed by atoms with Crippen LogP contribution in [-0.4, -0.2) is 43.8 Å². The van der Waals surface area contributed by atoms with E-state index in [-0.39, 0.29) is 18.0 Å². The zero-order valence-electron chi connectivity index (χ0n) is 12.2. The van der Waals surface area contributed by atoms with Gasteiger partial charge in [0.25, 0.3) is 0 Å². The highest BCUT2D eigenvalue weighted by molar-refractivity contribution is 5.15. The van der Waals surface area contributed by atoms with Crippen molar-refractivity contribution in [2.75, 3.05) is 26.7 Å². The predicted octanol–water partition coefficient (Wildman–Crippen LogP) is 2.20. The first-order valence-corrected chi connectivity index (χ1v) is 7.44. The lowest BCUT2D eigenvalue weighted by Gasteiger charge is -2.36. The van der Waals surface area contributed by atoms with Crippen LogP contribution in [0.2, 0.25) is 0 Å². The molecule has 20 heavy (non-hydrogen) atoms. The van der Waals surface area contributed by atoms with Gasteiger partial charge in [-0.1, -0.05) is 12.1 Å². The summed E-state index contributed by atoms with van der Waals surface area (Å²) in [7, 11) is 1.74. The monoisotopic (exact) mass is 280 g/mol. The SMILES string of the molecule is COC1CN(CCCCc2ccc(F)cc2)CCC1N. The molecule has 0 aromatic heterocycles. The molecule has 0 bridgehead atoms. The Morgan fingerprint density at radius 1 is 1.30 bits per heavy atom. The molecule has 1 aromatic rings. The maximum absolute atomic E-state index is 12.8. The van der Waals surface area contributed by atoms with Crippen LogP contribution in [0.25, 0.3) is 0 Å². The third-order valence-electron chi connectivity index (χ3n) is 4.10. The molecule has 0 amide bonds. The Morgan fingerprint density at radius 2 is 2.05 bits per heavy atom. The highest BCUT2D eigenvalue weighted by atomic mass is 19.1. The van der Waals surface area contributed by atoms with Crippen LogP contribution in [0.15, 0.2) is 24.3 Å². The van der Waals surface area contributed by atoms with Crippen LogP contribution < -0.4 is 5.73 Å². The van der Waals surface area contributed by atoms with Crippen LogP contribution in [0.3, 0.4) is 0 Å². The van der Waals surface area contributed by atoms with Gasteiger partial charge < -0.3 is 15.4 Å². The maximum atomic E-state index is 12.8. The fraction of sp³-hybridized carbons (Fsp3) is 0.625. The number of likely N-dealkylation sites (tertiary alicyclic amines) is 1. The van der Waals surface area contributed by atoms with Crippen LogP contribution >= 0.6 is 0 Å². The predicted molar refractivity (Wildman–Crippen MR) is 79.2 cm³/mol. The number of aryl methyl sites for hydroxylation is 1. The lowest BCUT2D eigenvalue weighted by molar-refractivity contribution is 0.0163. The smallest absolute Gasteiger partial charge is 0.123 e. The van der Waals surface area contributed by atoms with Crippen molar-refractivity contribution < 1.29 is 9.13 Å². The second-order valence-corrected chi connectivity index (χ2v) is 5.61. The molecule has 1 fully saturated rings. The Bertz CT molecular complexity index is 396. The van der Waals surface area contributed by atoms with Gasteiger partial charge >= 0.3 is 0 Å². The first-order valence-electron chi connectivity index (χ1n) is 7.44. The number of ether oxygens (including phenoxy) is 1. The van der Waals surface area contributed by atoms with Crippen molar-refractivity contribution in [1.29, 1.82) is 0 Å². The van der Waals surface area contributed by atoms with E-state index in [0.29, 0.717) is 0 Å². The number of nitrogens with zero attached hydrogens (tertiary/aromatic N) is 1. The van der Waals surface area contributed by atoms with Crippen molar-refractivity contribution in [2.45, 2.75) is 37.8 Å². The Balaban J connectivity index is 1.65. The number of rotatable bonds is 6. The molecular formula is C16H25FN2O. The number of methoxy groups -OCH3 is 1. The summed E-state index contributed by atoms with van der Waals surface area (Å²) in [5.41, 5.74) is 7.22. The molecule has 1 saturated heterocycles. The van der Waals surface area contributed by atoms with Gasteiger partial charge in [-0.15, -0.1) is 0 Å². The number of piperidine rings is 1. The molecule has 0 saturated carbocycles. The maximum Gasteiger partial charge on any atom is 0.123 e. The summed E-state index contributed by atoms with van der Waals surface area (Å²) >= 11 is 0. The van der Waals surface area contributed by atoms with Gasteiger partial charge in [0.05, 0.1) is 6.10 Å². The van der Waals surface area contributed by atoms with Crippen molar-refractivity contribution in [1.82, 2.24) is 4.90 Å². The molecule has 2 atom stereocenters. The van der Waals surface area contributed by atoms with Gasteiger partial charge in [-0.25, -0.2) is 4.39 Å². The molecule has 2 N–H and O–H groups in total. The largest absolute Gasteiger partial charge is 0.379 e. The minimum Gasteiger partial charge on any atom is -0.379 e. The Hall–Kier alpha value is -0.970. The van der Waals surface area contributed by atoms with Gasteiger partial charge in [0.2, 0.25) is 0 Å². The van der Waals surface area contributed by atoms with Crippen LogP contribution in [0.4, 0.5) is 4.39 Å². The van der Waals surface area contributed by atoms with E-state index in [1.165, 1.54) is 17.7 Å². The van der Waals surface area contributed by atoms with Crippen LogP contribution in [0.1, 0.15) is 24.8 Å². The highest BCUT2D eigenvalue weighted by Crippen LogP contribution is 2.13. The quantitative estimate of drug-likeness (QED) is 0.812. The lowest BCUT2D eigenvalue weighted by atomic mass is 10.0. The zero-order chi connectivity index (χ0) is 14.4. The Labute approximate surface area is 120 Å². The summed E-state index contributed by atoms with van der Waals surface area (Å²) in [6, 6.07) is 6.98. The van der Waals surface area contributed by atoms with Crippen LogP contribution in [-0.2, 0) is 11.2 Å². The van der Waals surface area contributed by atoms with Crippen LogP contribution in [0, 0.1) is 5.82 Å². The third-order valence-corrected chi connectivity index (χ3v) is 4.10. The molecule has 0 radical (unpaired) electrons. The van der Waals surface area contributed by atoms with Gasteiger partial charge in [0, 0.05) is 19.7 Å². The lowest BCUT2D eigenvalue weighted by Crippen LogP contribution is -2.51. The number of nitrogens with two attached hydrogens (primary N) is 1. The minimum absolute atomic E-state index is 0.163. The molecule has 0 aliphatic carbocycles. The van der Waals surface area contributed by atoms with Crippen molar-refractivity contribution in [2.24, 2.45) is 5.73 Å². The molecule has 112 valence electrons. The molecule has 1 heterocycles. The number of benzene rings is 1. The van der Waals surface area contributed by atoms with Gasteiger partial charge in [-0.2, -0.15) is 0 Å². The van der Waals surface area contributed by atoms with Gasteiger partial charge in [-0.05, 0) is 56.5 Å². The topological polar surface area (TPSA) is 38.5 Å². The molecule has 1 aromatic carbocycles. The fourth-order valence-corrected chi connectivity index (χ4v) is 2.77. The first kappa shape index (κ1) is 15.4.